The highest BCUT2D eigenvalue weighted by Crippen LogP contribution is 2.15. The van der Waals surface area contributed by atoms with E-state index in [9.17, 15) is 0 Å². The van der Waals surface area contributed by atoms with Crippen LogP contribution in [0.2, 0.25) is 0 Å². The van der Waals surface area contributed by atoms with Crippen LogP contribution in [-0.4, -0.2) is 42.8 Å². The lowest BCUT2D eigenvalue weighted by Crippen LogP contribution is -2.36. The van der Waals surface area contributed by atoms with Crippen LogP contribution in [-0.2, 0) is 4.74 Å². The highest BCUT2D eigenvalue weighted by molar-refractivity contribution is 5.43. The van der Waals surface area contributed by atoms with E-state index in [1.165, 1.54) is 0 Å². The maximum absolute atomic E-state index is 5.18. The molecular formula is C12H22N4O. The Bertz CT molecular complexity index is 332. The number of ether oxygens (including phenoxy) is 1. The number of aromatic nitrogens is 2. The maximum Gasteiger partial charge on any atom is 0.224 e. The van der Waals surface area contributed by atoms with Crippen LogP contribution in [0, 0.1) is 0 Å². The fourth-order valence-corrected chi connectivity index (χ4v) is 1.78. The molecule has 1 N–H and O–H groups in total. The zero-order valence-corrected chi connectivity index (χ0v) is 11.1. The Kier molecular flexibility index (Phi) is 5.69. The SMILES string of the molecule is CCNc1nccc(N(CC)C(C)COC)n1. The van der Waals surface area contributed by atoms with Crippen LogP contribution in [0.15, 0.2) is 12.3 Å². The van der Waals surface area contributed by atoms with Gasteiger partial charge in [0.2, 0.25) is 5.95 Å². The number of nitrogens with one attached hydrogen (secondary N) is 1. The summed E-state index contributed by atoms with van der Waals surface area (Å²) in [6.07, 6.45) is 1.78. The molecule has 1 aromatic heterocycles. The third-order valence-corrected chi connectivity index (χ3v) is 2.55. The zero-order valence-electron chi connectivity index (χ0n) is 11.1. The van der Waals surface area contributed by atoms with Crippen LogP contribution in [0.25, 0.3) is 0 Å². The summed E-state index contributed by atoms with van der Waals surface area (Å²) in [7, 11) is 1.72. The Labute approximate surface area is 103 Å². The Morgan fingerprint density at radius 2 is 2.24 bits per heavy atom. The summed E-state index contributed by atoms with van der Waals surface area (Å²) in [5.41, 5.74) is 0. The monoisotopic (exact) mass is 238 g/mol. The molecule has 0 bridgehead atoms. The summed E-state index contributed by atoms with van der Waals surface area (Å²) in [5, 5.41) is 3.12. The van der Waals surface area contributed by atoms with Crippen molar-refractivity contribution in [1.29, 1.82) is 0 Å². The van der Waals surface area contributed by atoms with E-state index in [0.717, 1.165) is 18.9 Å². The molecule has 0 saturated carbocycles. The number of rotatable bonds is 7. The predicted molar refractivity (Wildman–Crippen MR) is 70.6 cm³/mol. The molecule has 0 amide bonds. The van der Waals surface area contributed by atoms with Crippen molar-refractivity contribution in [3.05, 3.63) is 12.3 Å². The predicted octanol–water partition coefficient (Wildman–Crippen LogP) is 1.77. The van der Waals surface area contributed by atoms with Gasteiger partial charge in [-0.15, -0.1) is 0 Å². The van der Waals surface area contributed by atoms with Crippen molar-refractivity contribution in [3.8, 4) is 0 Å². The lowest BCUT2D eigenvalue weighted by atomic mass is 10.3. The van der Waals surface area contributed by atoms with Gasteiger partial charge in [-0.25, -0.2) is 4.98 Å². The number of nitrogens with zero attached hydrogens (tertiary/aromatic N) is 3. The molecule has 0 aromatic carbocycles. The third kappa shape index (κ3) is 3.85. The lowest BCUT2D eigenvalue weighted by Gasteiger charge is -2.28. The number of hydrogen-bond donors (Lipinski definition) is 1. The average Bonchev–Trinajstić information content (AvgIpc) is 2.31. The van der Waals surface area contributed by atoms with Crippen molar-refractivity contribution in [2.45, 2.75) is 26.8 Å². The standard InChI is InChI=1S/C12H22N4O/c1-5-13-12-14-8-7-11(15-12)16(6-2)10(3)9-17-4/h7-8,10H,5-6,9H2,1-4H3,(H,13,14,15). The van der Waals surface area contributed by atoms with Crippen molar-refractivity contribution >= 4 is 11.8 Å². The van der Waals surface area contributed by atoms with E-state index in [0.29, 0.717) is 18.6 Å². The van der Waals surface area contributed by atoms with E-state index in [1.54, 1.807) is 13.3 Å². The van der Waals surface area contributed by atoms with Gasteiger partial charge in [0.1, 0.15) is 5.82 Å². The van der Waals surface area contributed by atoms with Gasteiger partial charge in [-0.3, -0.25) is 0 Å². The number of hydrogen-bond acceptors (Lipinski definition) is 5. The first-order valence-electron chi connectivity index (χ1n) is 6.05. The van der Waals surface area contributed by atoms with Crippen molar-refractivity contribution in [1.82, 2.24) is 9.97 Å². The summed E-state index contributed by atoms with van der Waals surface area (Å²) < 4.78 is 5.18. The second-order valence-electron chi connectivity index (χ2n) is 3.86. The van der Waals surface area contributed by atoms with Gasteiger partial charge in [0, 0.05) is 26.4 Å². The molecule has 0 radical (unpaired) electrons. The van der Waals surface area contributed by atoms with Crippen molar-refractivity contribution in [2.75, 3.05) is 37.0 Å². The molecule has 1 heterocycles. The second-order valence-corrected chi connectivity index (χ2v) is 3.86. The quantitative estimate of drug-likeness (QED) is 0.784. The highest BCUT2D eigenvalue weighted by atomic mass is 16.5. The smallest absolute Gasteiger partial charge is 0.224 e. The van der Waals surface area contributed by atoms with Gasteiger partial charge < -0.3 is 15.0 Å². The van der Waals surface area contributed by atoms with Crippen molar-refractivity contribution < 1.29 is 4.74 Å². The summed E-state index contributed by atoms with van der Waals surface area (Å²) in [5.74, 6) is 1.61. The van der Waals surface area contributed by atoms with Gasteiger partial charge in [0.15, 0.2) is 0 Å². The minimum Gasteiger partial charge on any atom is -0.383 e. The van der Waals surface area contributed by atoms with Crippen LogP contribution in [0.5, 0.6) is 0 Å². The highest BCUT2D eigenvalue weighted by Gasteiger charge is 2.14. The number of likely N-dealkylation sites (N-methyl/N-ethyl adjacent to an activating group) is 1. The summed E-state index contributed by atoms with van der Waals surface area (Å²) in [4.78, 5) is 10.9. The summed E-state index contributed by atoms with van der Waals surface area (Å²) >= 11 is 0. The average molecular weight is 238 g/mol. The molecule has 1 rings (SSSR count). The van der Waals surface area contributed by atoms with E-state index in [2.05, 4.69) is 34.0 Å². The first-order chi connectivity index (χ1) is 8.22. The molecule has 0 saturated heterocycles. The van der Waals surface area contributed by atoms with Gasteiger partial charge in [-0.2, -0.15) is 4.98 Å². The molecular weight excluding hydrogens is 216 g/mol. The minimum atomic E-state index is 0.300. The molecule has 0 spiro atoms. The minimum absolute atomic E-state index is 0.300. The van der Waals surface area contributed by atoms with Crippen LogP contribution >= 0.6 is 0 Å². The molecule has 5 heteroatoms. The fourth-order valence-electron chi connectivity index (χ4n) is 1.78. The maximum atomic E-state index is 5.18. The van der Waals surface area contributed by atoms with Gasteiger partial charge in [0.05, 0.1) is 12.6 Å². The molecule has 0 aliphatic rings. The van der Waals surface area contributed by atoms with Gasteiger partial charge >= 0.3 is 0 Å². The molecule has 5 nitrogen and oxygen atoms in total. The summed E-state index contributed by atoms with van der Waals surface area (Å²) in [6, 6.07) is 2.23. The Balaban J connectivity index is 2.83. The number of anilines is 2. The van der Waals surface area contributed by atoms with Crippen LogP contribution in [0.1, 0.15) is 20.8 Å². The second kappa shape index (κ2) is 7.06. The molecule has 0 aliphatic heterocycles. The molecule has 1 atom stereocenters. The Morgan fingerprint density at radius 3 is 2.82 bits per heavy atom. The molecule has 0 fully saturated rings. The normalized spacial score (nSPS) is 12.2. The molecule has 0 aliphatic carbocycles. The van der Waals surface area contributed by atoms with Crippen LogP contribution in [0.4, 0.5) is 11.8 Å². The number of methoxy groups -OCH3 is 1. The molecule has 96 valence electrons. The van der Waals surface area contributed by atoms with E-state index >= 15 is 0 Å². The molecule has 1 aromatic rings. The molecule has 1 unspecified atom stereocenters. The van der Waals surface area contributed by atoms with E-state index in [4.69, 9.17) is 4.74 Å². The molecule has 17 heavy (non-hydrogen) atoms. The van der Waals surface area contributed by atoms with Crippen molar-refractivity contribution in [3.63, 3.8) is 0 Å². The Hall–Kier alpha value is -1.36. The fraction of sp³-hybridized carbons (Fsp3) is 0.667. The van der Waals surface area contributed by atoms with Crippen molar-refractivity contribution in [2.24, 2.45) is 0 Å². The van der Waals surface area contributed by atoms with Crippen LogP contribution < -0.4 is 10.2 Å². The van der Waals surface area contributed by atoms with E-state index < -0.39 is 0 Å². The first kappa shape index (κ1) is 13.7. The van der Waals surface area contributed by atoms with Gasteiger partial charge in [-0.05, 0) is 26.8 Å². The lowest BCUT2D eigenvalue weighted by molar-refractivity contribution is 0.181. The Morgan fingerprint density at radius 1 is 1.47 bits per heavy atom. The largest absolute Gasteiger partial charge is 0.383 e. The zero-order chi connectivity index (χ0) is 12.7. The third-order valence-electron chi connectivity index (χ3n) is 2.55. The first-order valence-corrected chi connectivity index (χ1v) is 6.05. The van der Waals surface area contributed by atoms with E-state index in [1.807, 2.05) is 13.0 Å². The van der Waals surface area contributed by atoms with Crippen LogP contribution in [0.3, 0.4) is 0 Å². The van der Waals surface area contributed by atoms with Gasteiger partial charge in [-0.1, -0.05) is 0 Å². The van der Waals surface area contributed by atoms with Gasteiger partial charge in [0.25, 0.3) is 0 Å². The summed E-state index contributed by atoms with van der Waals surface area (Å²) in [6.45, 7) is 8.68. The topological polar surface area (TPSA) is 50.3 Å². The van der Waals surface area contributed by atoms with E-state index in [-0.39, 0.29) is 0 Å².